The van der Waals surface area contributed by atoms with Crippen LogP contribution in [0, 0.1) is 6.92 Å². The largest absolute Gasteiger partial charge is 0.481 e. The van der Waals surface area contributed by atoms with E-state index in [0.29, 0.717) is 16.8 Å². The minimum absolute atomic E-state index is 0.262. The summed E-state index contributed by atoms with van der Waals surface area (Å²) < 4.78 is 0. The van der Waals surface area contributed by atoms with Crippen molar-refractivity contribution in [2.24, 2.45) is 0 Å². The second-order valence-corrected chi connectivity index (χ2v) is 3.68. The fraction of sp³-hybridized carbons (Fsp3) is 0.250. The van der Waals surface area contributed by atoms with E-state index in [1.165, 1.54) is 7.05 Å². The molecule has 0 unspecified atom stereocenters. The molecular weight excluding hydrogens is 236 g/mol. The Kier molecular flexibility index (Phi) is 4.42. The summed E-state index contributed by atoms with van der Waals surface area (Å²) >= 11 is 0. The first-order chi connectivity index (χ1) is 8.45. The monoisotopic (exact) mass is 250 g/mol. The van der Waals surface area contributed by atoms with Gasteiger partial charge in [0.15, 0.2) is 0 Å². The normalized spacial score (nSPS) is 9.67. The SMILES string of the molecule is CNC(=O)c1cccc(NC(=O)CC(=O)O)c1C. The highest BCUT2D eigenvalue weighted by molar-refractivity contribution is 6.03. The van der Waals surface area contributed by atoms with Gasteiger partial charge in [0.2, 0.25) is 5.91 Å². The Labute approximate surface area is 104 Å². The topological polar surface area (TPSA) is 95.5 Å². The molecule has 6 nitrogen and oxygen atoms in total. The van der Waals surface area contributed by atoms with Gasteiger partial charge < -0.3 is 15.7 Å². The highest BCUT2D eigenvalue weighted by atomic mass is 16.4. The molecule has 0 aliphatic carbocycles. The van der Waals surface area contributed by atoms with Crippen LogP contribution in [0.1, 0.15) is 22.3 Å². The average Bonchev–Trinajstić information content (AvgIpc) is 2.30. The minimum atomic E-state index is -1.20. The summed E-state index contributed by atoms with van der Waals surface area (Å²) in [5, 5.41) is 13.4. The third-order valence-corrected chi connectivity index (χ3v) is 2.39. The van der Waals surface area contributed by atoms with Gasteiger partial charge in [0.05, 0.1) is 0 Å². The quantitative estimate of drug-likeness (QED) is 0.688. The van der Waals surface area contributed by atoms with Crippen LogP contribution >= 0.6 is 0 Å². The van der Waals surface area contributed by atoms with Gasteiger partial charge in [0.1, 0.15) is 6.42 Å². The van der Waals surface area contributed by atoms with E-state index in [9.17, 15) is 14.4 Å². The molecule has 0 aliphatic rings. The van der Waals surface area contributed by atoms with Crippen molar-refractivity contribution < 1.29 is 19.5 Å². The van der Waals surface area contributed by atoms with Crippen LogP contribution in [0.2, 0.25) is 0 Å². The molecule has 0 radical (unpaired) electrons. The van der Waals surface area contributed by atoms with Crippen molar-refractivity contribution in [1.29, 1.82) is 0 Å². The standard InChI is InChI=1S/C12H14N2O4/c1-7-8(12(18)13-2)4-3-5-9(7)14-10(15)6-11(16)17/h3-5H,6H2,1-2H3,(H,13,18)(H,14,15)(H,16,17). The summed E-state index contributed by atoms with van der Waals surface area (Å²) in [6.07, 6.45) is -0.607. The lowest BCUT2D eigenvalue weighted by Gasteiger charge is -2.11. The van der Waals surface area contributed by atoms with Crippen molar-refractivity contribution in [3.05, 3.63) is 29.3 Å². The van der Waals surface area contributed by atoms with Crippen molar-refractivity contribution in [2.75, 3.05) is 12.4 Å². The number of benzene rings is 1. The first-order valence-corrected chi connectivity index (χ1v) is 5.29. The second kappa shape index (κ2) is 5.81. The summed E-state index contributed by atoms with van der Waals surface area (Å²) in [5.41, 5.74) is 1.46. The molecule has 96 valence electrons. The van der Waals surface area contributed by atoms with Crippen molar-refractivity contribution >= 4 is 23.5 Å². The molecule has 1 aromatic rings. The lowest BCUT2D eigenvalue weighted by atomic mass is 10.1. The molecule has 0 heterocycles. The van der Waals surface area contributed by atoms with E-state index >= 15 is 0 Å². The van der Waals surface area contributed by atoms with Gasteiger partial charge in [-0.05, 0) is 24.6 Å². The second-order valence-electron chi connectivity index (χ2n) is 3.68. The predicted molar refractivity (Wildman–Crippen MR) is 65.5 cm³/mol. The Morgan fingerprint density at radius 3 is 2.50 bits per heavy atom. The smallest absolute Gasteiger partial charge is 0.312 e. The molecule has 2 amide bonds. The van der Waals surface area contributed by atoms with Gasteiger partial charge in [-0.15, -0.1) is 0 Å². The van der Waals surface area contributed by atoms with Crippen LogP contribution in [0.4, 0.5) is 5.69 Å². The highest BCUT2D eigenvalue weighted by Crippen LogP contribution is 2.19. The minimum Gasteiger partial charge on any atom is -0.481 e. The van der Waals surface area contributed by atoms with Crippen LogP contribution in [0.3, 0.4) is 0 Å². The summed E-state index contributed by atoms with van der Waals surface area (Å²) in [5.74, 6) is -2.09. The van der Waals surface area contributed by atoms with E-state index in [4.69, 9.17) is 5.11 Å². The summed E-state index contributed by atoms with van der Waals surface area (Å²) in [7, 11) is 1.51. The number of nitrogens with one attached hydrogen (secondary N) is 2. The van der Waals surface area contributed by atoms with E-state index < -0.39 is 18.3 Å². The molecule has 6 heteroatoms. The van der Waals surface area contributed by atoms with Crippen molar-refractivity contribution in [1.82, 2.24) is 5.32 Å². The lowest BCUT2D eigenvalue weighted by Crippen LogP contribution is -2.21. The van der Waals surface area contributed by atoms with Gasteiger partial charge in [0.25, 0.3) is 5.91 Å². The molecule has 18 heavy (non-hydrogen) atoms. The Balaban J connectivity index is 2.94. The summed E-state index contributed by atoms with van der Waals surface area (Å²) in [4.78, 5) is 33.2. The van der Waals surface area contributed by atoms with Crippen LogP contribution in [-0.4, -0.2) is 29.9 Å². The number of carbonyl (C=O) groups excluding carboxylic acids is 2. The molecule has 3 N–H and O–H groups in total. The fourth-order valence-corrected chi connectivity index (χ4v) is 1.48. The number of amides is 2. The van der Waals surface area contributed by atoms with Gasteiger partial charge in [-0.1, -0.05) is 6.07 Å². The van der Waals surface area contributed by atoms with Crippen molar-refractivity contribution in [2.45, 2.75) is 13.3 Å². The summed E-state index contributed by atoms with van der Waals surface area (Å²) in [6, 6.07) is 4.86. The zero-order valence-corrected chi connectivity index (χ0v) is 10.1. The van der Waals surface area contributed by atoms with Gasteiger partial charge in [-0.25, -0.2) is 0 Å². The molecular formula is C12H14N2O4. The maximum atomic E-state index is 11.5. The number of rotatable bonds is 4. The number of carbonyl (C=O) groups is 3. The zero-order chi connectivity index (χ0) is 13.7. The van der Waals surface area contributed by atoms with E-state index in [1.54, 1.807) is 25.1 Å². The van der Waals surface area contributed by atoms with Gasteiger partial charge in [0, 0.05) is 18.3 Å². The molecule has 0 saturated heterocycles. The van der Waals surface area contributed by atoms with Gasteiger partial charge in [-0.3, -0.25) is 14.4 Å². The van der Waals surface area contributed by atoms with Gasteiger partial charge >= 0.3 is 5.97 Å². The lowest BCUT2D eigenvalue weighted by molar-refractivity contribution is -0.139. The van der Waals surface area contributed by atoms with Crippen LogP contribution in [0.5, 0.6) is 0 Å². The fourth-order valence-electron chi connectivity index (χ4n) is 1.48. The third kappa shape index (κ3) is 3.31. The Bertz CT molecular complexity index is 497. The Morgan fingerprint density at radius 2 is 1.94 bits per heavy atom. The summed E-state index contributed by atoms with van der Waals surface area (Å²) in [6.45, 7) is 1.68. The molecule has 0 bridgehead atoms. The predicted octanol–water partition coefficient (Wildman–Crippen LogP) is 0.768. The molecule has 0 fully saturated rings. The number of anilines is 1. The first-order valence-electron chi connectivity index (χ1n) is 5.29. The molecule has 1 aromatic carbocycles. The number of aliphatic carboxylic acids is 1. The Hall–Kier alpha value is -2.37. The van der Waals surface area contributed by atoms with E-state index in [0.717, 1.165) is 0 Å². The highest BCUT2D eigenvalue weighted by Gasteiger charge is 2.13. The van der Waals surface area contributed by atoms with E-state index in [1.807, 2.05) is 0 Å². The van der Waals surface area contributed by atoms with Gasteiger partial charge in [-0.2, -0.15) is 0 Å². The van der Waals surface area contributed by atoms with Crippen LogP contribution in [0.15, 0.2) is 18.2 Å². The van der Waals surface area contributed by atoms with Crippen LogP contribution in [0.25, 0.3) is 0 Å². The number of hydrogen-bond acceptors (Lipinski definition) is 3. The number of carboxylic acids is 1. The van der Waals surface area contributed by atoms with E-state index in [2.05, 4.69) is 10.6 Å². The van der Waals surface area contributed by atoms with Crippen molar-refractivity contribution in [3.63, 3.8) is 0 Å². The molecule has 0 spiro atoms. The average molecular weight is 250 g/mol. The zero-order valence-electron chi connectivity index (χ0n) is 10.1. The molecule has 0 aliphatic heterocycles. The first kappa shape index (κ1) is 13.7. The van der Waals surface area contributed by atoms with E-state index in [-0.39, 0.29) is 5.91 Å². The van der Waals surface area contributed by atoms with Crippen LogP contribution in [-0.2, 0) is 9.59 Å². The van der Waals surface area contributed by atoms with Crippen molar-refractivity contribution in [3.8, 4) is 0 Å². The third-order valence-electron chi connectivity index (χ3n) is 2.39. The molecule has 0 aromatic heterocycles. The Morgan fingerprint density at radius 1 is 1.28 bits per heavy atom. The number of hydrogen-bond donors (Lipinski definition) is 3. The number of carboxylic acid groups (broad SMARTS) is 1. The molecule has 0 atom stereocenters. The molecule has 0 saturated carbocycles. The maximum absolute atomic E-state index is 11.5. The molecule has 1 rings (SSSR count). The maximum Gasteiger partial charge on any atom is 0.312 e. The van der Waals surface area contributed by atoms with Crippen LogP contribution < -0.4 is 10.6 Å².